The first-order valence-electron chi connectivity index (χ1n) is 7.89. The van der Waals surface area contributed by atoms with Gasteiger partial charge in [-0.2, -0.15) is 16.9 Å². The molecule has 1 heterocycles. The predicted octanol–water partition coefficient (Wildman–Crippen LogP) is 4.95. The summed E-state index contributed by atoms with van der Waals surface area (Å²) in [6.45, 7) is 0. The summed E-state index contributed by atoms with van der Waals surface area (Å²) in [7, 11) is 0. The van der Waals surface area contributed by atoms with Gasteiger partial charge in [0, 0.05) is 21.9 Å². The largest absolute Gasteiger partial charge is 0.271 e. The van der Waals surface area contributed by atoms with Crippen LogP contribution in [0.3, 0.4) is 0 Å². The number of rotatable bonds is 7. The summed E-state index contributed by atoms with van der Waals surface area (Å²) < 4.78 is 0. The Labute approximate surface area is 155 Å². The average molecular weight is 367 g/mol. The van der Waals surface area contributed by atoms with Crippen LogP contribution in [0.4, 0.5) is 0 Å². The number of hydrazone groups is 1. The Morgan fingerprint density at radius 2 is 1.68 bits per heavy atom. The number of nitrogens with one attached hydrogen (secondary N) is 1. The van der Waals surface area contributed by atoms with Crippen molar-refractivity contribution in [2.75, 3.05) is 0 Å². The zero-order chi connectivity index (χ0) is 17.3. The summed E-state index contributed by atoms with van der Waals surface area (Å²) in [5.41, 5.74) is 5.70. The summed E-state index contributed by atoms with van der Waals surface area (Å²) in [6, 6.07) is 22.0. The standard InChI is InChI=1S/C20H18N2OS2/c23-20(22-21-13-19-7-4-12-25-19)18-10-8-17(9-11-18)15-24-14-16-5-2-1-3-6-16/h1-13H,14-15H2,(H,22,23)/b21-13-. The molecule has 5 heteroatoms. The highest BCUT2D eigenvalue weighted by atomic mass is 32.2. The highest BCUT2D eigenvalue weighted by Gasteiger charge is 2.04. The highest BCUT2D eigenvalue weighted by Crippen LogP contribution is 2.18. The summed E-state index contributed by atoms with van der Waals surface area (Å²) in [6.07, 6.45) is 1.65. The summed E-state index contributed by atoms with van der Waals surface area (Å²) in [4.78, 5) is 13.1. The van der Waals surface area contributed by atoms with E-state index in [1.807, 2.05) is 59.6 Å². The number of thiophene rings is 1. The second kappa shape index (κ2) is 9.20. The second-order valence-electron chi connectivity index (χ2n) is 5.39. The Bertz CT molecular complexity index is 813. The fraction of sp³-hybridized carbons (Fsp3) is 0.100. The fourth-order valence-corrected chi connectivity index (χ4v) is 3.74. The fourth-order valence-electron chi connectivity index (χ4n) is 2.20. The van der Waals surface area contributed by atoms with Gasteiger partial charge in [-0.15, -0.1) is 11.3 Å². The number of hydrogen-bond donors (Lipinski definition) is 1. The first-order valence-corrected chi connectivity index (χ1v) is 9.92. The van der Waals surface area contributed by atoms with Crippen LogP contribution in [0.25, 0.3) is 0 Å². The maximum atomic E-state index is 12.1. The molecule has 0 aliphatic carbocycles. The van der Waals surface area contributed by atoms with E-state index >= 15 is 0 Å². The van der Waals surface area contributed by atoms with E-state index < -0.39 is 0 Å². The number of carbonyl (C=O) groups excluding carboxylic acids is 1. The van der Waals surface area contributed by atoms with Crippen molar-refractivity contribution in [2.45, 2.75) is 11.5 Å². The van der Waals surface area contributed by atoms with Gasteiger partial charge < -0.3 is 0 Å². The lowest BCUT2D eigenvalue weighted by Crippen LogP contribution is -2.17. The molecular formula is C20H18N2OS2. The van der Waals surface area contributed by atoms with E-state index in [-0.39, 0.29) is 5.91 Å². The van der Waals surface area contributed by atoms with Crippen molar-refractivity contribution in [3.63, 3.8) is 0 Å². The summed E-state index contributed by atoms with van der Waals surface area (Å²) >= 11 is 3.44. The smallest absolute Gasteiger partial charge is 0.267 e. The molecule has 0 fully saturated rings. The molecule has 0 spiro atoms. The van der Waals surface area contributed by atoms with Gasteiger partial charge in [0.15, 0.2) is 0 Å². The van der Waals surface area contributed by atoms with Gasteiger partial charge in [0.2, 0.25) is 0 Å². The SMILES string of the molecule is O=C(N/N=C\c1cccs1)c1ccc(CSCc2ccccc2)cc1. The Kier molecular flexibility index (Phi) is 6.42. The third-order valence-electron chi connectivity index (χ3n) is 3.50. The van der Waals surface area contributed by atoms with Crippen LogP contribution in [0.2, 0.25) is 0 Å². The maximum absolute atomic E-state index is 12.1. The van der Waals surface area contributed by atoms with E-state index in [9.17, 15) is 4.79 Å². The number of hydrogen-bond acceptors (Lipinski definition) is 4. The second-order valence-corrected chi connectivity index (χ2v) is 7.35. The maximum Gasteiger partial charge on any atom is 0.271 e. The lowest BCUT2D eigenvalue weighted by Gasteiger charge is -2.04. The molecule has 0 unspecified atom stereocenters. The van der Waals surface area contributed by atoms with Gasteiger partial charge in [-0.25, -0.2) is 5.43 Å². The van der Waals surface area contributed by atoms with Gasteiger partial charge in [0.25, 0.3) is 5.91 Å². The van der Waals surface area contributed by atoms with Crippen molar-refractivity contribution in [1.29, 1.82) is 0 Å². The first kappa shape index (κ1) is 17.5. The van der Waals surface area contributed by atoms with E-state index in [0.29, 0.717) is 5.56 Å². The molecular weight excluding hydrogens is 348 g/mol. The zero-order valence-electron chi connectivity index (χ0n) is 13.6. The third kappa shape index (κ3) is 5.59. The normalized spacial score (nSPS) is 10.9. The summed E-state index contributed by atoms with van der Waals surface area (Å²) in [5.74, 6) is 1.71. The van der Waals surface area contributed by atoms with Gasteiger partial charge in [-0.3, -0.25) is 4.79 Å². The molecule has 0 atom stereocenters. The minimum atomic E-state index is -0.198. The monoisotopic (exact) mass is 366 g/mol. The van der Waals surface area contributed by atoms with E-state index in [4.69, 9.17) is 0 Å². The van der Waals surface area contributed by atoms with Crippen LogP contribution in [-0.2, 0) is 11.5 Å². The number of carbonyl (C=O) groups is 1. The van der Waals surface area contributed by atoms with Crippen LogP contribution in [0, 0.1) is 0 Å². The van der Waals surface area contributed by atoms with Gasteiger partial charge in [0.1, 0.15) is 0 Å². The van der Waals surface area contributed by atoms with E-state index in [1.54, 1.807) is 17.6 Å². The van der Waals surface area contributed by atoms with Crippen LogP contribution >= 0.6 is 23.1 Å². The van der Waals surface area contributed by atoms with Crippen molar-refractivity contribution < 1.29 is 4.79 Å². The molecule has 0 radical (unpaired) electrons. The molecule has 126 valence electrons. The van der Waals surface area contributed by atoms with Gasteiger partial charge in [-0.05, 0) is 34.7 Å². The van der Waals surface area contributed by atoms with Gasteiger partial charge in [0.05, 0.1) is 6.21 Å². The average Bonchev–Trinajstić information content (AvgIpc) is 3.16. The van der Waals surface area contributed by atoms with Crippen molar-refractivity contribution in [1.82, 2.24) is 5.43 Å². The van der Waals surface area contributed by atoms with Gasteiger partial charge in [-0.1, -0.05) is 48.5 Å². The number of benzene rings is 2. The zero-order valence-corrected chi connectivity index (χ0v) is 15.2. The quantitative estimate of drug-likeness (QED) is 0.475. The van der Waals surface area contributed by atoms with E-state index in [2.05, 4.69) is 34.8 Å². The summed E-state index contributed by atoms with van der Waals surface area (Å²) in [5, 5.41) is 5.95. The van der Waals surface area contributed by atoms with Crippen molar-refractivity contribution in [3.8, 4) is 0 Å². The molecule has 25 heavy (non-hydrogen) atoms. The Morgan fingerprint density at radius 1 is 0.960 bits per heavy atom. The van der Waals surface area contributed by atoms with Crippen LogP contribution in [0.15, 0.2) is 77.2 Å². The van der Waals surface area contributed by atoms with Crippen LogP contribution in [0.5, 0.6) is 0 Å². The van der Waals surface area contributed by atoms with Crippen molar-refractivity contribution in [3.05, 3.63) is 93.7 Å². The molecule has 2 aromatic carbocycles. The van der Waals surface area contributed by atoms with E-state index in [1.165, 1.54) is 11.1 Å². The third-order valence-corrected chi connectivity index (χ3v) is 5.38. The molecule has 1 N–H and O–H groups in total. The topological polar surface area (TPSA) is 41.5 Å². The number of nitrogens with zero attached hydrogens (tertiary/aromatic N) is 1. The molecule has 0 bridgehead atoms. The lowest BCUT2D eigenvalue weighted by molar-refractivity contribution is 0.0955. The minimum Gasteiger partial charge on any atom is -0.267 e. The molecule has 0 aliphatic heterocycles. The molecule has 1 aromatic heterocycles. The first-order chi connectivity index (χ1) is 12.3. The minimum absolute atomic E-state index is 0.198. The van der Waals surface area contributed by atoms with Crippen LogP contribution in [-0.4, -0.2) is 12.1 Å². The Balaban J connectivity index is 1.47. The van der Waals surface area contributed by atoms with Crippen LogP contribution < -0.4 is 5.43 Å². The molecule has 0 saturated carbocycles. The van der Waals surface area contributed by atoms with Crippen molar-refractivity contribution >= 4 is 35.2 Å². The number of amides is 1. The lowest BCUT2D eigenvalue weighted by atomic mass is 10.1. The number of thioether (sulfide) groups is 1. The molecule has 3 rings (SSSR count). The van der Waals surface area contributed by atoms with Crippen molar-refractivity contribution in [2.24, 2.45) is 5.10 Å². The Morgan fingerprint density at radius 3 is 2.36 bits per heavy atom. The molecule has 1 amide bonds. The van der Waals surface area contributed by atoms with E-state index in [0.717, 1.165) is 16.4 Å². The van der Waals surface area contributed by atoms with Crippen LogP contribution in [0.1, 0.15) is 26.4 Å². The molecule has 3 aromatic rings. The molecule has 0 saturated heterocycles. The molecule has 0 aliphatic rings. The Hall–Kier alpha value is -2.37. The highest BCUT2D eigenvalue weighted by molar-refractivity contribution is 7.97. The predicted molar refractivity (Wildman–Crippen MR) is 107 cm³/mol. The molecule has 3 nitrogen and oxygen atoms in total. The van der Waals surface area contributed by atoms with Gasteiger partial charge >= 0.3 is 0 Å².